The highest BCUT2D eigenvalue weighted by Crippen LogP contribution is 2.28. The standard InChI is InChI=1S/C17H21N3O2/c1-3-12(2)17-18-16(19-22-17)14-9-15(21)20(11-14)10-13-7-5-4-6-8-13/h4-8,12,14H,3,9-11H2,1-2H3/t12-,14+/m0/s1. The van der Waals surface area contributed by atoms with Gasteiger partial charge < -0.3 is 9.42 Å². The number of aromatic nitrogens is 2. The van der Waals surface area contributed by atoms with Crippen LogP contribution in [0.2, 0.25) is 0 Å². The third-order valence-electron chi connectivity index (χ3n) is 4.29. The van der Waals surface area contributed by atoms with Gasteiger partial charge in [-0.05, 0) is 12.0 Å². The zero-order chi connectivity index (χ0) is 15.5. The summed E-state index contributed by atoms with van der Waals surface area (Å²) in [6.07, 6.45) is 1.43. The third kappa shape index (κ3) is 3.03. The molecule has 0 radical (unpaired) electrons. The minimum atomic E-state index is 0.0396. The first kappa shape index (κ1) is 14.8. The van der Waals surface area contributed by atoms with Crippen molar-refractivity contribution in [3.8, 4) is 0 Å². The van der Waals surface area contributed by atoms with Gasteiger partial charge in [-0.2, -0.15) is 4.98 Å². The number of carbonyl (C=O) groups excluding carboxylic acids is 1. The highest BCUT2D eigenvalue weighted by atomic mass is 16.5. The highest BCUT2D eigenvalue weighted by Gasteiger charge is 2.33. The van der Waals surface area contributed by atoms with Crippen LogP contribution in [0, 0.1) is 0 Å². The van der Waals surface area contributed by atoms with E-state index in [1.807, 2.05) is 35.2 Å². The Morgan fingerprint density at radius 1 is 1.36 bits per heavy atom. The smallest absolute Gasteiger partial charge is 0.229 e. The zero-order valence-electron chi connectivity index (χ0n) is 13.0. The molecule has 22 heavy (non-hydrogen) atoms. The Hall–Kier alpha value is -2.17. The SMILES string of the molecule is CC[C@H](C)c1nc([C@@H]2CC(=O)N(Cc3ccccc3)C2)no1. The normalized spacial score (nSPS) is 19.6. The summed E-state index contributed by atoms with van der Waals surface area (Å²) in [4.78, 5) is 18.6. The lowest BCUT2D eigenvalue weighted by Gasteiger charge is -2.15. The van der Waals surface area contributed by atoms with Crippen LogP contribution < -0.4 is 0 Å². The molecule has 116 valence electrons. The Balaban J connectivity index is 1.68. The lowest BCUT2D eigenvalue weighted by atomic mass is 10.1. The van der Waals surface area contributed by atoms with E-state index in [-0.39, 0.29) is 17.7 Å². The van der Waals surface area contributed by atoms with Gasteiger partial charge in [0.25, 0.3) is 0 Å². The molecular formula is C17H21N3O2. The van der Waals surface area contributed by atoms with Crippen LogP contribution in [0.1, 0.15) is 55.8 Å². The van der Waals surface area contributed by atoms with Gasteiger partial charge in [-0.15, -0.1) is 0 Å². The molecule has 1 aliphatic rings. The number of amides is 1. The average molecular weight is 299 g/mol. The van der Waals surface area contributed by atoms with E-state index >= 15 is 0 Å². The van der Waals surface area contributed by atoms with Crippen LogP contribution >= 0.6 is 0 Å². The Labute approximate surface area is 130 Å². The van der Waals surface area contributed by atoms with Gasteiger partial charge in [-0.1, -0.05) is 49.3 Å². The van der Waals surface area contributed by atoms with Gasteiger partial charge >= 0.3 is 0 Å². The number of nitrogens with zero attached hydrogens (tertiary/aromatic N) is 3. The quantitative estimate of drug-likeness (QED) is 0.851. The van der Waals surface area contributed by atoms with Gasteiger partial charge in [-0.25, -0.2) is 0 Å². The molecule has 0 spiro atoms. The van der Waals surface area contributed by atoms with Crippen LogP contribution in [0.4, 0.5) is 0 Å². The van der Waals surface area contributed by atoms with E-state index < -0.39 is 0 Å². The molecule has 0 aliphatic carbocycles. The number of likely N-dealkylation sites (tertiary alicyclic amines) is 1. The van der Waals surface area contributed by atoms with Crippen molar-refractivity contribution in [1.29, 1.82) is 0 Å². The fourth-order valence-corrected chi connectivity index (χ4v) is 2.69. The van der Waals surface area contributed by atoms with Crippen molar-refractivity contribution < 1.29 is 9.32 Å². The van der Waals surface area contributed by atoms with Gasteiger partial charge in [-0.3, -0.25) is 4.79 Å². The summed E-state index contributed by atoms with van der Waals surface area (Å²) in [5.74, 6) is 1.80. The van der Waals surface area contributed by atoms with Gasteiger partial charge in [0.1, 0.15) is 0 Å². The summed E-state index contributed by atoms with van der Waals surface area (Å²) in [5.41, 5.74) is 1.14. The minimum Gasteiger partial charge on any atom is -0.339 e. The molecule has 1 aromatic carbocycles. The maximum absolute atomic E-state index is 12.2. The second kappa shape index (κ2) is 6.30. The van der Waals surface area contributed by atoms with E-state index in [0.717, 1.165) is 12.0 Å². The predicted octanol–water partition coefficient (Wildman–Crippen LogP) is 3.10. The van der Waals surface area contributed by atoms with Gasteiger partial charge in [0.05, 0.1) is 0 Å². The van der Waals surface area contributed by atoms with E-state index in [9.17, 15) is 4.79 Å². The molecule has 5 nitrogen and oxygen atoms in total. The number of rotatable bonds is 5. The summed E-state index contributed by atoms with van der Waals surface area (Å²) in [7, 11) is 0. The van der Waals surface area contributed by atoms with Crippen molar-refractivity contribution in [3.63, 3.8) is 0 Å². The second-order valence-electron chi connectivity index (χ2n) is 5.96. The summed E-state index contributed by atoms with van der Waals surface area (Å²) >= 11 is 0. The molecule has 0 unspecified atom stereocenters. The van der Waals surface area contributed by atoms with Crippen molar-refractivity contribution in [2.75, 3.05) is 6.54 Å². The minimum absolute atomic E-state index is 0.0396. The number of hydrogen-bond donors (Lipinski definition) is 0. The summed E-state index contributed by atoms with van der Waals surface area (Å²) < 4.78 is 5.33. The van der Waals surface area contributed by atoms with Crippen molar-refractivity contribution in [2.24, 2.45) is 0 Å². The van der Waals surface area contributed by atoms with E-state index in [2.05, 4.69) is 24.0 Å². The van der Waals surface area contributed by atoms with Crippen LogP contribution in [0.3, 0.4) is 0 Å². The second-order valence-corrected chi connectivity index (χ2v) is 5.96. The lowest BCUT2D eigenvalue weighted by molar-refractivity contribution is -0.128. The number of hydrogen-bond acceptors (Lipinski definition) is 4. The Kier molecular flexibility index (Phi) is 4.22. The maximum Gasteiger partial charge on any atom is 0.229 e. The van der Waals surface area contributed by atoms with Gasteiger partial charge in [0.2, 0.25) is 11.8 Å². The summed E-state index contributed by atoms with van der Waals surface area (Å²) in [6, 6.07) is 10.0. The van der Waals surface area contributed by atoms with Crippen molar-refractivity contribution in [1.82, 2.24) is 15.0 Å². The molecule has 3 rings (SSSR count). The van der Waals surface area contributed by atoms with Crippen LogP contribution in [0.15, 0.2) is 34.9 Å². The molecular weight excluding hydrogens is 278 g/mol. The van der Waals surface area contributed by atoms with E-state index in [4.69, 9.17) is 4.52 Å². The summed E-state index contributed by atoms with van der Waals surface area (Å²) in [5, 5.41) is 4.08. The first-order chi connectivity index (χ1) is 10.7. The van der Waals surface area contributed by atoms with Crippen molar-refractivity contribution >= 4 is 5.91 Å². The van der Waals surface area contributed by atoms with Crippen molar-refractivity contribution in [2.45, 2.75) is 45.1 Å². The first-order valence-electron chi connectivity index (χ1n) is 7.82. The largest absolute Gasteiger partial charge is 0.339 e. The zero-order valence-corrected chi connectivity index (χ0v) is 13.0. The fraction of sp³-hybridized carbons (Fsp3) is 0.471. The monoisotopic (exact) mass is 299 g/mol. The van der Waals surface area contributed by atoms with E-state index in [1.54, 1.807) is 0 Å². The fourth-order valence-electron chi connectivity index (χ4n) is 2.69. The lowest BCUT2D eigenvalue weighted by Crippen LogP contribution is -2.24. The third-order valence-corrected chi connectivity index (χ3v) is 4.29. The molecule has 1 aromatic heterocycles. The molecule has 1 saturated heterocycles. The highest BCUT2D eigenvalue weighted by molar-refractivity contribution is 5.79. The van der Waals surface area contributed by atoms with Crippen LogP contribution in [0.25, 0.3) is 0 Å². The van der Waals surface area contributed by atoms with Gasteiger partial charge in [0, 0.05) is 31.3 Å². The first-order valence-corrected chi connectivity index (χ1v) is 7.82. The molecule has 2 atom stereocenters. The van der Waals surface area contributed by atoms with E-state index in [0.29, 0.717) is 31.2 Å². The molecule has 1 fully saturated rings. The molecule has 5 heteroatoms. The topological polar surface area (TPSA) is 59.2 Å². The molecule has 0 saturated carbocycles. The van der Waals surface area contributed by atoms with Crippen molar-refractivity contribution in [3.05, 3.63) is 47.6 Å². The Morgan fingerprint density at radius 3 is 2.86 bits per heavy atom. The molecule has 1 amide bonds. The summed E-state index contributed by atoms with van der Waals surface area (Å²) in [6.45, 7) is 5.47. The van der Waals surface area contributed by atoms with Crippen LogP contribution in [0.5, 0.6) is 0 Å². The van der Waals surface area contributed by atoms with Gasteiger partial charge in [0.15, 0.2) is 5.82 Å². The number of benzene rings is 1. The molecule has 0 bridgehead atoms. The van der Waals surface area contributed by atoms with E-state index in [1.165, 1.54) is 0 Å². The number of carbonyl (C=O) groups is 1. The Bertz CT molecular complexity index is 638. The average Bonchev–Trinajstić information content (AvgIpc) is 3.15. The molecule has 0 N–H and O–H groups in total. The predicted molar refractivity (Wildman–Crippen MR) is 82.2 cm³/mol. The molecule has 1 aliphatic heterocycles. The van der Waals surface area contributed by atoms with Crippen LogP contribution in [-0.4, -0.2) is 27.5 Å². The molecule has 2 aromatic rings. The maximum atomic E-state index is 12.2. The van der Waals surface area contributed by atoms with Crippen LogP contribution in [-0.2, 0) is 11.3 Å². The Morgan fingerprint density at radius 2 is 2.14 bits per heavy atom. The molecule has 2 heterocycles.